The lowest BCUT2D eigenvalue weighted by atomic mass is 9.64. The first-order valence-electron chi connectivity index (χ1n) is 20.3. The van der Waals surface area contributed by atoms with Crippen molar-refractivity contribution in [1.29, 1.82) is 0 Å². The fraction of sp³-hybridized carbons (Fsp3) is 0.413. The number of carbonyl (C=O) groups excluding carboxylic acids is 3. The maximum atomic E-state index is 13.2. The Hall–Kier alpha value is -5.15. The summed E-state index contributed by atoms with van der Waals surface area (Å²) in [5.74, 6) is 1.35. The highest BCUT2D eigenvalue weighted by atomic mass is 16.3. The van der Waals surface area contributed by atoms with Gasteiger partial charge in [0.2, 0.25) is 11.8 Å². The third-order valence-electron chi connectivity index (χ3n) is 13.2. The number of carbonyl (C=O) groups is 3. The molecule has 0 bridgehead atoms. The van der Waals surface area contributed by atoms with Crippen LogP contribution < -0.4 is 15.1 Å². The smallest absolute Gasteiger partial charge is 0.255 e. The summed E-state index contributed by atoms with van der Waals surface area (Å²) in [7, 11) is 0. The summed E-state index contributed by atoms with van der Waals surface area (Å²) in [6, 6.07) is 31.8. The number of imide groups is 1. The Morgan fingerprint density at radius 2 is 1.45 bits per heavy atom. The van der Waals surface area contributed by atoms with E-state index in [-0.39, 0.29) is 30.1 Å². The van der Waals surface area contributed by atoms with Gasteiger partial charge in [-0.1, -0.05) is 55.5 Å². The van der Waals surface area contributed by atoms with E-state index in [1.807, 2.05) is 24.3 Å². The number of phenols is 1. The summed E-state index contributed by atoms with van der Waals surface area (Å²) in [6.07, 6.45) is 3.99. The molecule has 4 aromatic rings. The number of anilines is 2. The molecule has 0 saturated carbocycles. The first kappa shape index (κ1) is 35.5. The number of aromatic hydroxyl groups is 1. The number of piperazine rings is 1. The number of hydrogen-bond donors (Lipinski definition) is 2. The van der Waals surface area contributed by atoms with Gasteiger partial charge < -0.3 is 19.8 Å². The maximum absolute atomic E-state index is 13.2. The van der Waals surface area contributed by atoms with Gasteiger partial charge in [-0.2, -0.15) is 0 Å². The molecule has 9 rings (SSSR count). The van der Waals surface area contributed by atoms with Crippen molar-refractivity contribution in [2.24, 2.45) is 11.8 Å². The van der Waals surface area contributed by atoms with E-state index in [0.29, 0.717) is 42.0 Å². The Morgan fingerprint density at radius 1 is 0.727 bits per heavy atom. The first-order valence-corrected chi connectivity index (χ1v) is 20.3. The van der Waals surface area contributed by atoms with Crippen LogP contribution in [0.4, 0.5) is 11.4 Å². The Bertz CT molecular complexity index is 2070. The second-order valence-corrected chi connectivity index (χ2v) is 16.5. The molecule has 4 heterocycles. The predicted molar refractivity (Wildman–Crippen MR) is 215 cm³/mol. The van der Waals surface area contributed by atoms with Crippen LogP contribution in [-0.4, -0.2) is 84.5 Å². The largest absolute Gasteiger partial charge is 0.508 e. The van der Waals surface area contributed by atoms with E-state index in [1.54, 1.807) is 4.90 Å². The van der Waals surface area contributed by atoms with Crippen molar-refractivity contribution in [3.63, 3.8) is 0 Å². The number of phenolic OH excluding ortho intramolecular Hbond substituents is 1. The molecule has 0 spiro atoms. The Balaban J connectivity index is 0.788. The van der Waals surface area contributed by atoms with Crippen molar-refractivity contribution in [2.75, 3.05) is 55.6 Å². The summed E-state index contributed by atoms with van der Waals surface area (Å²) in [5.41, 5.74) is 9.38. The minimum Gasteiger partial charge on any atom is -0.508 e. The fourth-order valence-corrected chi connectivity index (χ4v) is 10.2. The summed E-state index contributed by atoms with van der Waals surface area (Å²) < 4.78 is 0. The van der Waals surface area contributed by atoms with Crippen molar-refractivity contribution in [3.8, 4) is 5.75 Å². The minimum atomic E-state index is -0.586. The number of nitrogens with one attached hydrogen (secondary N) is 1. The van der Waals surface area contributed by atoms with Gasteiger partial charge in [-0.05, 0) is 114 Å². The normalized spacial score (nSPS) is 24.8. The van der Waals surface area contributed by atoms with Crippen molar-refractivity contribution in [1.82, 2.24) is 15.1 Å². The van der Waals surface area contributed by atoms with Crippen LogP contribution in [0.1, 0.15) is 82.6 Å². The van der Waals surface area contributed by atoms with Crippen LogP contribution in [0.2, 0.25) is 0 Å². The highest BCUT2D eigenvalue weighted by Gasteiger charge is 2.40. The second-order valence-electron chi connectivity index (χ2n) is 16.5. The average molecular weight is 738 g/mol. The van der Waals surface area contributed by atoms with E-state index in [0.717, 1.165) is 63.5 Å². The van der Waals surface area contributed by atoms with Gasteiger partial charge in [0.05, 0.1) is 0 Å². The van der Waals surface area contributed by atoms with Crippen LogP contribution in [0, 0.1) is 11.8 Å². The standard InChI is InChI=1S/C46H51N5O4/c1-30-25-34-27-38(52)12-14-39(34)44(43(30)32-5-3-2-4-6-32)33-7-9-36(10-8-33)49-19-17-31(18-20-49)28-48-21-23-50(24-22-48)37-11-13-40-35(26-37)29-51(46(40)55)41-15-16-42(53)47-45(41)54/h2-14,26-27,30-31,41,43-44,52H,15-25,28-29H2,1H3,(H,47,53,54)/t30-,41-,43+,44+/m0/s1. The van der Waals surface area contributed by atoms with Crippen molar-refractivity contribution >= 4 is 29.1 Å². The lowest BCUT2D eigenvalue weighted by molar-refractivity contribution is -0.136. The van der Waals surface area contributed by atoms with E-state index in [1.165, 1.54) is 40.8 Å². The zero-order valence-corrected chi connectivity index (χ0v) is 31.7. The van der Waals surface area contributed by atoms with Gasteiger partial charge in [0.25, 0.3) is 5.91 Å². The number of amides is 3. The quantitative estimate of drug-likeness (QED) is 0.215. The Kier molecular flexibility index (Phi) is 9.58. The van der Waals surface area contributed by atoms with Crippen molar-refractivity contribution in [2.45, 2.75) is 63.5 Å². The van der Waals surface area contributed by atoms with Crippen molar-refractivity contribution in [3.05, 3.63) is 124 Å². The number of benzene rings is 4. The molecule has 1 aliphatic carbocycles. The van der Waals surface area contributed by atoms with Crippen LogP contribution in [-0.2, 0) is 22.6 Å². The van der Waals surface area contributed by atoms with Gasteiger partial charge in [-0.15, -0.1) is 0 Å². The second kappa shape index (κ2) is 14.8. The van der Waals surface area contributed by atoms with E-state index in [9.17, 15) is 19.5 Å². The fourth-order valence-electron chi connectivity index (χ4n) is 10.2. The lowest BCUT2D eigenvalue weighted by Gasteiger charge is -2.40. The third-order valence-corrected chi connectivity index (χ3v) is 13.2. The van der Waals surface area contributed by atoms with Gasteiger partial charge in [0, 0.05) is 81.6 Å². The van der Waals surface area contributed by atoms with Crippen LogP contribution in [0.3, 0.4) is 0 Å². The monoisotopic (exact) mass is 737 g/mol. The number of rotatable bonds is 7. The molecule has 9 nitrogen and oxygen atoms in total. The Morgan fingerprint density at radius 3 is 2.20 bits per heavy atom. The maximum Gasteiger partial charge on any atom is 0.255 e. The summed E-state index contributed by atoms with van der Waals surface area (Å²) in [6.45, 7) is 9.99. The molecule has 4 aromatic carbocycles. The average Bonchev–Trinajstić information content (AvgIpc) is 3.53. The van der Waals surface area contributed by atoms with E-state index < -0.39 is 6.04 Å². The molecule has 4 aliphatic heterocycles. The molecular formula is C46H51N5O4. The van der Waals surface area contributed by atoms with E-state index in [4.69, 9.17) is 0 Å². The van der Waals surface area contributed by atoms with Crippen LogP contribution >= 0.6 is 0 Å². The van der Waals surface area contributed by atoms with Gasteiger partial charge in [-0.25, -0.2) is 0 Å². The number of hydrogen-bond acceptors (Lipinski definition) is 7. The van der Waals surface area contributed by atoms with Gasteiger partial charge >= 0.3 is 0 Å². The Labute approximate surface area is 323 Å². The predicted octanol–water partition coefficient (Wildman–Crippen LogP) is 6.30. The van der Waals surface area contributed by atoms with Crippen molar-refractivity contribution < 1.29 is 19.5 Å². The number of piperidine rings is 2. The minimum absolute atomic E-state index is 0.122. The van der Waals surface area contributed by atoms with Crippen LogP contribution in [0.15, 0.2) is 91.0 Å². The summed E-state index contributed by atoms with van der Waals surface area (Å²) in [5, 5.41) is 12.7. The van der Waals surface area contributed by atoms with E-state index >= 15 is 0 Å². The summed E-state index contributed by atoms with van der Waals surface area (Å²) >= 11 is 0. The molecule has 55 heavy (non-hydrogen) atoms. The molecule has 0 unspecified atom stereocenters. The molecule has 2 N–H and O–H groups in total. The molecule has 5 aliphatic rings. The highest BCUT2D eigenvalue weighted by molar-refractivity contribution is 6.05. The molecule has 3 amide bonds. The topological polar surface area (TPSA) is 96.4 Å². The van der Waals surface area contributed by atoms with Gasteiger partial charge in [-0.3, -0.25) is 24.6 Å². The summed E-state index contributed by atoms with van der Waals surface area (Å²) in [4.78, 5) is 46.5. The third kappa shape index (κ3) is 6.99. The number of fused-ring (bicyclic) bond motifs is 2. The van der Waals surface area contributed by atoms with Crippen LogP contribution in [0.25, 0.3) is 0 Å². The van der Waals surface area contributed by atoms with Crippen LogP contribution in [0.5, 0.6) is 5.75 Å². The molecule has 3 fully saturated rings. The lowest BCUT2D eigenvalue weighted by Crippen LogP contribution is -2.52. The zero-order chi connectivity index (χ0) is 37.6. The van der Waals surface area contributed by atoms with Gasteiger partial charge in [0.15, 0.2) is 0 Å². The highest BCUT2D eigenvalue weighted by Crippen LogP contribution is 2.49. The molecular weight excluding hydrogens is 687 g/mol. The molecule has 3 saturated heterocycles. The zero-order valence-electron chi connectivity index (χ0n) is 31.7. The number of nitrogens with zero attached hydrogens (tertiary/aromatic N) is 4. The molecule has 0 aromatic heterocycles. The molecule has 4 atom stereocenters. The van der Waals surface area contributed by atoms with E-state index in [2.05, 4.69) is 93.7 Å². The first-order chi connectivity index (χ1) is 26.8. The van der Waals surface area contributed by atoms with Gasteiger partial charge in [0.1, 0.15) is 11.8 Å². The molecule has 284 valence electrons. The molecule has 0 radical (unpaired) electrons. The SMILES string of the molecule is C[C@H]1Cc2cc(O)ccc2[C@@H](c2ccc(N3CCC(CN4CCN(c5ccc6c(c5)CN([C@H]5CCC(=O)NC5=O)C6=O)CC4)CC3)cc2)[C@H]1c1ccccc1. The molecule has 9 heteroatoms.